The van der Waals surface area contributed by atoms with Crippen molar-refractivity contribution in [2.45, 2.75) is 18.7 Å². The lowest BCUT2D eigenvalue weighted by molar-refractivity contribution is -0.137. The van der Waals surface area contributed by atoms with Crippen molar-refractivity contribution in [1.29, 1.82) is 0 Å². The van der Waals surface area contributed by atoms with Gasteiger partial charge in [0.1, 0.15) is 0 Å². The predicted octanol–water partition coefficient (Wildman–Crippen LogP) is 2.74. The summed E-state index contributed by atoms with van der Waals surface area (Å²) in [5.74, 6) is 0. The highest BCUT2D eigenvalue weighted by Crippen LogP contribution is 2.36. The van der Waals surface area contributed by atoms with Crippen LogP contribution in [-0.4, -0.2) is 11.7 Å². The Hall–Kier alpha value is -0.780. The molecular weight excluding hydrogens is 243 g/mol. The number of aliphatic hydroxyl groups excluding tert-OH is 1. The summed E-state index contributed by atoms with van der Waals surface area (Å²) in [6, 6.07) is 3.33. The number of aliphatic hydroxyl groups is 1. The monoisotopic (exact) mass is 253 g/mol. The van der Waals surface area contributed by atoms with Gasteiger partial charge in [0.15, 0.2) is 0 Å². The van der Waals surface area contributed by atoms with Crippen LogP contribution in [0.5, 0.6) is 0 Å². The van der Waals surface area contributed by atoms with Crippen LogP contribution in [0.25, 0.3) is 0 Å². The first-order chi connectivity index (χ1) is 7.36. The maximum atomic E-state index is 12.5. The lowest BCUT2D eigenvalue weighted by Crippen LogP contribution is -2.10. The van der Waals surface area contributed by atoms with Gasteiger partial charge in [-0.2, -0.15) is 13.2 Å². The lowest BCUT2D eigenvalue weighted by Gasteiger charge is -2.14. The van der Waals surface area contributed by atoms with Gasteiger partial charge in [-0.3, -0.25) is 0 Å². The van der Waals surface area contributed by atoms with E-state index < -0.39 is 17.8 Å². The number of hydrogen-bond acceptors (Lipinski definition) is 2. The average molecular weight is 254 g/mol. The van der Waals surface area contributed by atoms with Crippen LogP contribution in [0.3, 0.4) is 0 Å². The molecule has 1 aromatic rings. The molecule has 1 atom stereocenters. The van der Waals surface area contributed by atoms with Gasteiger partial charge in [0.25, 0.3) is 0 Å². The summed E-state index contributed by atoms with van der Waals surface area (Å²) in [7, 11) is 0. The largest absolute Gasteiger partial charge is 0.417 e. The third kappa shape index (κ3) is 3.10. The molecule has 0 saturated heterocycles. The predicted molar refractivity (Wildman–Crippen MR) is 55.1 cm³/mol. The number of halogens is 4. The van der Waals surface area contributed by atoms with Crippen molar-refractivity contribution in [2.24, 2.45) is 5.73 Å². The number of hydrogen-bond donors (Lipinski definition) is 2. The van der Waals surface area contributed by atoms with Gasteiger partial charge in [0, 0.05) is 0 Å². The maximum Gasteiger partial charge on any atom is 0.417 e. The first-order valence-electron chi connectivity index (χ1n) is 4.61. The van der Waals surface area contributed by atoms with Crippen LogP contribution >= 0.6 is 11.6 Å². The third-order valence-corrected chi connectivity index (χ3v) is 2.45. The molecule has 6 heteroatoms. The second-order valence-electron chi connectivity index (χ2n) is 3.33. The maximum absolute atomic E-state index is 12.5. The van der Waals surface area contributed by atoms with E-state index in [2.05, 4.69) is 0 Å². The molecule has 0 spiro atoms. The molecule has 0 saturated carbocycles. The summed E-state index contributed by atoms with van der Waals surface area (Å²) < 4.78 is 37.5. The SMILES string of the molecule is NCC[C@@H](O)c1ccc(Cl)c(C(F)(F)F)c1. The van der Waals surface area contributed by atoms with Crippen LogP contribution in [0.2, 0.25) is 5.02 Å². The van der Waals surface area contributed by atoms with Crippen LogP contribution in [0, 0.1) is 0 Å². The Balaban J connectivity index is 3.07. The van der Waals surface area contributed by atoms with Crippen LogP contribution in [0.4, 0.5) is 13.2 Å². The molecule has 0 fully saturated rings. The van der Waals surface area contributed by atoms with Crippen LogP contribution in [0.1, 0.15) is 23.7 Å². The highest BCUT2D eigenvalue weighted by molar-refractivity contribution is 6.31. The van der Waals surface area contributed by atoms with Gasteiger partial charge in [-0.1, -0.05) is 17.7 Å². The van der Waals surface area contributed by atoms with E-state index in [-0.39, 0.29) is 23.6 Å². The highest BCUT2D eigenvalue weighted by atomic mass is 35.5. The van der Waals surface area contributed by atoms with Crippen molar-refractivity contribution in [3.8, 4) is 0 Å². The highest BCUT2D eigenvalue weighted by Gasteiger charge is 2.33. The molecule has 0 heterocycles. The standard InChI is InChI=1S/C10H11ClF3NO/c11-8-2-1-6(9(16)3-4-15)5-7(8)10(12,13)14/h1-2,5,9,16H,3-4,15H2/t9-/m1/s1. The summed E-state index contributed by atoms with van der Waals surface area (Å²) in [6.45, 7) is 0.200. The van der Waals surface area contributed by atoms with Gasteiger partial charge < -0.3 is 10.8 Å². The molecule has 90 valence electrons. The van der Waals surface area contributed by atoms with Gasteiger partial charge in [0.2, 0.25) is 0 Å². The zero-order chi connectivity index (χ0) is 12.3. The number of alkyl halides is 3. The van der Waals surface area contributed by atoms with Crippen molar-refractivity contribution in [3.63, 3.8) is 0 Å². The second kappa shape index (κ2) is 5.03. The minimum absolute atomic E-state index is 0.169. The molecule has 0 unspecified atom stereocenters. The fourth-order valence-electron chi connectivity index (χ4n) is 1.29. The Kier molecular flexibility index (Phi) is 4.18. The fourth-order valence-corrected chi connectivity index (χ4v) is 1.52. The van der Waals surface area contributed by atoms with Gasteiger partial charge >= 0.3 is 6.18 Å². The Morgan fingerprint density at radius 2 is 2.00 bits per heavy atom. The van der Waals surface area contributed by atoms with Gasteiger partial charge in [-0.15, -0.1) is 0 Å². The van der Waals surface area contributed by atoms with Gasteiger partial charge in [-0.05, 0) is 30.7 Å². The van der Waals surface area contributed by atoms with Crippen molar-refractivity contribution in [3.05, 3.63) is 34.3 Å². The molecule has 0 aliphatic carbocycles. The van der Waals surface area contributed by atoms with Gasteiger partial charge in [-0.25, -0.2) is 0 Å². The minimum Gasteiger partial charge on any atom is -0.388 e. The van der Waals surface area contributed by atoms with Crippen LogP contribution in [-0.2, 0) is 6.18 Å². The van der Waals surface area contributed by atoms with Crippen molar-refractivity contribution in [1.82, 2.24) is 0 Å². The van der Waals surface area contributed by atoms with E-state index >= 15 is 0 Å². The quantitative estimate of drug-likeness (QED) is 0.870. The van der Waals surface area contributed by atoms with E-state index in [1.807, 2.05) is 0 Å². The molecule has 0 aliphatic rings. The Morgan fingerprint density at radius 3 is 2.50 bits per heavy atom. The van der Waals surface area contributed by atoms with E-state index in [1.54, 1.807) is 0 Å². The van der Waals surface area contributed by atoms with E-state index in [0.29, 0.717) is 0 Å². The molecule has 1 rings (SSSR count). The normalized spacial score (nSPS) is 13.9. The molecule has 0 aliphatic heterocycles. The Morgan fingerprint density at radius 1 is 1.38 bits per heavy atom. The topological polar surface area (TPSA) is 46.2 Å². The second-order valence-corrected chi connectivity index (χ2v) is 3.74. The van der Waals surface area contributed by atoms with E-state index in [9.17, 15) is 18.3 Å². The summed E-state index contributed by atoms with van der Waals surface area (Å²) in [4.78, 5) is 0. The van der Waals surface area contributed by atoms with Crippen LogP contribution in [0.15, 0.2) is 18.2 Å². The van der Waals surface area contributed by atoms with Crippen LogP contribution < -0.4 is 5.73 Å². The van der Waals surface area contributed by atoms with Crippen molar-refractivity contribution in [2.75, 3.05) is 6.54 Å². The summed E-state index contributed by atoms with van der Waals surface area (Å²) >= 11 is 5.44. The van der Waals surface area contributed by atoms with E-state index in [4.69, 9.17) is 17.3 Å². The summed E-state index contributed by atoms with van der Waals surface area (Å²) in [5.41, 5.74) is 4.44. The molecule has 0 bridgehead atoms. The zero-order valence-electron chi connectivity index (χ0n) is 8.26. The fraction of sp³-hybridized carbons (Fsp3) is 0.400. The summed E-state index contributed by atoms with van der Waals surface area (Å²) in [6.07, 6.45) is -5.31. The number of rotatable bonds is 3. The molecule has 2 nitrogen and oxygen atoms in total. The van der Waals surface area contributed by atoms with E-state index in [1.165, 1.54) is 6.07 Å². The van der Waals surface area contributed by atoms with Crippen molar-refractivity contribution < 1.29 is 18.3 Å². The average Bonchev–Trinajstić information content (AvgIpc) is 2.16. The first kappa shape index (κ1) is 13.3. The minimum atomic E-state index is -4.52. The van der Waals surface area contributed by atoms with Gasteiger partial charge in [0.05, 0.1) is 16.7 Å². The number of benzene rings is 1. The third-order valence-electron chi connectivity index (χ3n) is 2.12. The molecule has 1 aromatic carbocycles. The molecule has 0 radical (unpaired) electrons. The lowest BCUT2D eigenvalue weighted by atomic mass is 10.0. The Bertz CT molecular complexity index is 368. The molecule has 0 amide bonds. The zero-order valence-corrected chi connectivity index (χ0v) is 9.02. The molecular formula is C10H11ClF3NO. The van der Waals surface area contributed by atoms with E-state index in [0.717, 1.165) is 12.1 Å². The molecule has 0 aromatic heterocycles. The number of nitrogens with two attached hydrogens (primary N) is 1. The van der Waals surface area contributed by atoms with Crippen molar-refractivity contribution >= 4 is 11.6 Å². The summed E-state index contributed by atoms with van der Waals surface area (Å²) in [5, 5.41) is 9.13. The first-order valence-corrected chi connectivity index (χ1v) is 4.99. The smallest absolute Gasteiger partial charge is 0.388 e. The molecule has 16 heavy (non-hydrogen) atoms. The molecule has 3 N–H and O–H groups in total. The Labute approximate surface area is 95.8 Å².